The zero-order valence-corrected chi connectivity index (χ0v) is 12.0. The minimum Gasteiger partial charge on any atom is -0.496 e. The Bertz CT molecular complexity index is 587. The molecule has 4 nitrogen and oxygen atoms in total. The third-order valence-corrected chi connectivity index (χ3v) is 3.55. The van der Waals surface area contributed by atoms with Gasteiger partial charge in [-0.25, -0.2) is 0 Å². The molecule has 0 fully saturated rings. The van der Waals surface area contributed by atoms with Crippen LogP contribution in [0, 0.1) is 6.92 Å². The molecule has 0 bridgehead atoms. The smallest absolute Gasteiger partial charge is 0.128 e. The van der Waals surface area contributed by atoms with Gasteiger partial charge in [0.1, 0.15) is 5.75 Å². The number of rotatable bonds is 4. The summed E-state index contributed by atoms with van der Waals surface area (Å²) in [5.41, 5.74) is 11.2. The van der Waals surface area contributed by atoms with Crippen LogP contribution in [0.25, 0.3) is 11.3 Å². The first kappa shape index (κ1) is 13.6. The molecule has 4 heteroatoms. The second-order valence-electron chi connectivity index (χ2n) is 4.64. The molecule has 0 amide bonds. The molecule has 0 radical (unpaired) electrons. The second-order valence-corrected chi connectivity index (χ2v) is 4.64. The number of hydrogen-bond acceptors (Lipinski definition) is 3. The van der Waals surface area contributed by atoms with Crippen molar-refractivity contribution >= 4 is 0 Å². The molecule has 0 unspecified atom stereocenters. The van der Waals surface area contributed by atoms with Crippen molar-refractivity contribution in [1.82, 2.24) is 9.78 Å². The molecule has 0 spiro atoms. The summed E-state index contributed by atoms with van der Waals surface area (Å²) >= 11 is 0. The lowest BCUT2D eigenvalue weighted by Gasteiger charge is -2.09. The van der Waals surface area contributed by atoms with Crippen molar-refractivity contribution < 1.29 is 4.74 Å². The van der Waals surface area contributed by atoms with Crippen LogP contribution >= 0.6 is 0 Å². The van der Waals surface area contributed by atoms with E-state index in [0.29, 0.717) is 6.54 Å². The highest BCUT2D eigenvalue weighted by Crippen LogP contribution is 2.33. The van der Waals surface area contributed by atoms with Crippen molar-refractivity contribution in [3.63, 3.8) is 0 Å². The van der Waals surface area contributed by atoms with Gasteiger partial charge in [0.25, 0.3) is 0 Å². The second kappa shape index (κ2) is 5.45. The Hall–Kier alpha value is -1.81. The number of hydrogen-bond donors (Lipinski definition) is 1. The summed E-state index contributed by atoms with van der Waals surface area (Å²) in [5, 5.41) is 4.59. The maximum atomic E-state index is 5.78. The highest BCUT2D eigenvalue weighted by Gasteiger charge is 2.16. The van der Waals surface area contributed by atoms with Gasteiger partial charge in [0.15, 0.2) is 0 Å². The van der Waals surface area contributed by atoms with Crippen LogP contribution in [0.1, 0.15) is 23.7 Å². The summed E-state index contributed by atoms with van der Waals surface area (Å²) in [4.78, 5) is 0. The molecule has 0 saturated carbocycles. The van der Waals surface area contributed by atoms with Gasteiger partial charge in [-0.1, -0.05) is 13.0 Å². The van der Waals surface area contributed by atoms with E-state index in [9.17, 15) is 0 Å². The molecule has 2 aromatic rings. The van der Waals surface area contributed by atoms with Crippen LogP contribution < -0.4 is 10.5 Å². The molecule has 0 aliphatic carbocycles. The van der Waals surface area contributed by atoms with E-state index in [2.05, 4.69) is 31.1 Å². The number of methoxy groups -OCH3 is 1. The van der Waals surface area contributed by atoms with E-state index in [4.69, 9.17) is 10.5 Å². The molecule has 2 N–H and O–H groups in total. The highest BCUT2D eigenvalue weighted by molar-refractivity contribution is 5.71. The Labute approximate surface area is 114 Å². The average molecular weight is 259 g/mol. The predicted octanol–water partition coefficient (Wildman–Crippen LogP) is 2.43. The number of aromatic nitrogens is 2. The summed E-state index contributed by atoms with van der Waals surface area (Å²) in [6.45, 7) is 4.69. The largest absolute Gasteiger partial charge is 0.496 e. The fraction of sp³-hybridized carbons (Fsp3) is 0.400. The van der Waals surface area contributed by atoms with Crippen molar-refractivity contribution in [2.45, 2.75) is 26.8 Å². The predicted molar refractivity (Wildman–Crippen MR) is 77.2 cm³/mol. The number of nitrogens with zero attached hydrogens (tertiary/aromatic N) is 2. The van der Waals surface area contributed by atoms with Crippen molar-refractivity contribution in [3.05, 3.63) is 35.0 Å². The molecule has 1 aromatic heterocycles. The van der Waals surface area contributed by atoms with Gasteiger partial charge >= 0.3 is 0 Å². The molecule has 102 valence electrons. The molecule has 0 aliphatic heterocycles. The fourth-order valence-corrected chi connectivity index (χ4v) is 2.37. The lowest BCUT2D eigenvalue weighted by Crippen LogP contribution is -2.05. The zero-order chi connectivity index (χ0) is 14.0. The van der Waals surface area contributed by atoms with E-state index in [-0.39, 0.29) is 0 Å². The lowest BCUT2D eigenvalue weighted by molar-refractivity contribution is 0.416. The lowest BCUT2D eigenvalue weighted by atomic mass is 10.0. The fourth-order valence-electron chi connectivity index (χ4n) is 2.37. The molecule has 19 heavy (non-hydrogen) atoms. The Morgan fingerprint density at radius 3 is 2.63 bits per heavy atom. The van der Waals surface area contributed by atoms with Gasteiger partial charge in [-0.2, -0.15) is 5.10 Å². The first-order chi connectivity index (χ1) is 9.12. The van der Waals surface area contributed by atoms with Gasteiger partial charge < -0.3 is 10.5 Å². The van der Waals surface area contributed by atoms with Gasteiger partial charge in [-0.15, -0.1) is 0 Å². The van der Waals surface area contributed by atoms with Gasteiger partial charge in [-0.05, 0) is 36.6 Å². The quantitative estimate of drug-likeness (QED) is 0.917. The standard InChI is InChI=1S/C15H21N3O/c1-5-11-6-7-14(19-4)12(8-11)15-10(2)13(9-16)18(3)17-15/h6-8H,5,9,16H2,1-4H3. The van der Waals surface area contributed by atoms with Crippen LogP contribution in [0.5, 0.6) is 5.75 Å². The first-order valence-electron chi connectivity index (χ1n) is 6.52. The number of benzene rings is 1. The molecule has 1 heterocycles. The van der Waals surface area contributed by atoms with E-state index in [1.54, 1.807) is 7.11 Å². The van der Waals surface area contributed by atoms with Crippen molar-refractivity contribution in [2.24, 2.45) is 12.8 Å². The van der Waals surface area contributed by atoms with Crippen LogP contribution in [0.4, 0.5) is 0 Å². The monoisotopic (exact) mass is 259 g/mol. The molecule has 0 aliphatic rings. The minimum absolute atomic E-state index is 0.491. The normalized spacial score (nSPS) is 10.8. The van der Waals surface area contributed by atoms with E-state index < -0.39 is 0 Å². The van der Waals surface area contributed by atoms with Crippen molar-refractivity contribution in [1.29, 1.82) is 0 Å². The Morgan fingerprint density at radius 1 is 1.37 bits per heavy atom. The summed E-state index contributed by atoms with van der Waals surface area (Å²) in [6, 6.07) is 6.24. The van der Waals surface area contributed by atoms with Crippen LogP contribution in [0.2, 0.25) is 0 Å². The molecular formula is C15H21N3O. The summed E-state index contributed by atoms with van der Waals surface area (Å²) in [5.74, 6) is 0.849. The SMILES string of the molecule is CCc1ccc(OC)c(-c2nn(C)c(CN)c2C)c1. The van der Waals surface area contributed by atoms with Gasteiger partial charge in [0, 0.05) is 19.2 Å². The summed E-state index contributed by atoms with van der Waals surface area (Å²) in [6.07, 6.45) is 0.993. The number of aryl methyl sites for hydroxylation is 2. The van der Waals surface area contributed by atoms with Crippen LogP contribution in [0.15, 0.2) is 18.2 Å². The number of nitrogens with two attached hydrogens (primary N) is 1. The molecule has 0 atom stereocenters. The molecule has 0 saturated heterocycles. The summed E-state index contributed by atoms with van der Waals surface area (Å²) in [7, 11) is 3.61. The first-order valence-corrected chi connectivity index (χ1v) is 6.52. The van der Waals surface area contributed by atoms with Crippen molar-refractivity contribution in [3.8, 4) is 17.0 Å². The maximum absolute atomic E-state index is 5.78. The Balaban J connectivity index is 2.63. The van der Waals surface area contributed by atoms with E-state index in [1.165, 1.54) is 5.56 Å². The van der Waals surface area contributed by atoms with Gasteiger partial charge in [-0.3, -0.25) is 4.68 Å². The Morgan fingerprint density at radius 2 is 2.11 bits per heavy atom. The maximum Gasteiger partial charge on any atom is 0.128 e. The topological polar surface area (TPSA) is 53.1 Å². The average Bonchev–Trinajstić information content (AvgIpc) is 2.72. The highest BCUT2D eigenvalue weighted by atomic mass is 16.5. The van der Waals surface area contributed by atoms with E-state index in [1.807, 2.05) is 17.8 Å². The minimum atomic E-state index is 0.491. The zero-order valence-electron chi connectivity index (χ0n) is 12.0. The number of ether oxygens (including phenoxy) is 1. The van der Waals surface area contributed by atoms with Gasteiger partial charge in [0.2, 0.25) is 0 Å². The van der Waals surface area contributed by atoms with Gasteiger partial charge in [0.05, 0.1) is 18.5 Å². The van der Waals surface area contributed by atoms with Crippen LogP contribution in [-0.2, 0) is 20.0 Å². The summed E-state index contributed by atoms with van der Waals surface area (Å²) < 4.78 is 7.31. The third-order valence-electron chi connectivity index (χ3n) is 3.55. The van der Waals surface area contributed by atoms with E-state index in [0.717, 1.165) is 34.7 Å². The third kappa shape index (κ3) is 2.36. The molecular weight excluding hydrogens is 238 g/mol. The Kier molecular flexibility index (Phi) is 3.90. The molecule has 1 aromatic carbocycles. The van der Waals surface area contributed by atoms with Crippen LogP contribution in [0.3, 0.4) is 0 Å². The van der Waals surface area contributed by atoms with Crippen molar-refractivity contribution in [2.75, 3.05) is 7.11 Å². The van der Waals surface area contributed by atoms with E-state index >= 15 is 0 Å². The molecule has 2 rings (SSSR count). The van der Waals surface area contributed by atoms with Crippen LogP contribution in [-0.4, -0.2) is 16.9 Å².